The maximum Gasteiger partial charge on any atom is 0.573 e. The van der Waals surface area contributed by atoms with E-state index in [-0.39, 0.29) is 22.2 Å². The Morgan fingerprint density at radius 1 is 1.33 bits per heavy atom. The third kappa shape index (κ3) is 3.35. The molecule has 1 rings (SSSR count). The van der Waals surface area contributed by atoms with Crippen molar-refractivity contribution in [1.29, 1.82) is 0 Å². The second kappa shape index (κ2) is 4.37. The van der Waals surface area contributed by atoms with Crippen LogP contribution in [0, 0.1) is 0 Å². The van der Waals surface area contributed by atoms with Crippen molar-refractivity contribution >= 4 is 28.9 Å². The SMILES string of the molecule is Nc1cc(OC(F)(F)F)c(CCl)cc1Cl. The zero-order valence-corrected chi connectivity index (χ0v) is 8.75. The average molecular weight is 260 g/mol. The molecule has 0 amide bonds. The molecule has 0 aliphatic rings. The minimum atomic E-state index is -4.78. The van der Waals surface area contributed by atoms with E-state index in [0.29, 0.717) is 0 Å². The second-order valence-electron chi connectivity index (χ2n) is 2.66. The summed E-state index contributed by atoms with van der Waals surface area (Å²) in [4.78, 5) is 0. The molecule has 0 aliphatic heterocycles. The normalized spacial score (nSPS) is 11.5. The van der Waals surface area contributed by atoms with Gasteiger partial charge in [-0.15, -0.1) is 24.8 Å². The number of benzene rings is 1. The van der Waals surface area contributed by atoms with Crippen LogP contribution >= 0.6 is 23.2 Å². The number of ether oxygens (including phenoxy) is 1. The molecule has 0 fully saturated rings. The van der Waals surface area contributed by atoms with Crippen LogP contribution in [0.4, 0.5) is 18.9 Å². The van der Waals surface area contributed by atoms with Gasteiger partial charge in [0.2, 0.25) is 0 Å². The highest BCUT2D eigenvalue weighted by Gasteiger charge is 2.32. The zero-order chi connectivity index (χ0) is 11.6. The fourth-order valence-corrected chi connectivity index (χ4v) is 1.33. The molecule has 1 aromatic rings. The Bertz CT molecular complexity index is 368. The van der Waals surface area contributed by atoms with Crippen molar-refractivity contribution in [3.63, 3.8) is 0 Å². The Morgan fingerprint density at radius 2 is 1.93 bits per heavy atom. The zero-order valence-electron chi connectivity index (χ0n) is 7.24. The standard InChI is InChI=1S/C8H6Cl2F3NO/c9-3-4-1-5(10)6(14)2-7(4)15-8(11,12)13/h1-2H,3,14H2. The molecule has 0 aliphatic carbocycles. The molecule has 0 saturated carbocycles. The molecule has 0 bridgehead atoms. The Labute approximate surface area is 93.7 Å². The van der Waals surface area contributed by atoms with Gasteiger partial charge in [0.15, 0.2) is 0 Å². The van der Waals surface area contributed by atoms with Crippen molar-refractivity contribution in [3.8, 4) is 5.75 Å². The molecule has 0 spiro atoms. The van der Waals surface area contributed by atoms with Crippen molar-refractivity contribution in [2.24, 2.45) is 0 Å². The van der Waals surface area contributed by atoms with Crippen LogP contribution in [-0.2, 0) is 5.88 Å². The Hall–Kier alpha value is -0.810. The first kappa shape index (κ1) is 12.3. The number of rotatable bonds is 2. The van der Waals surface area contributed by atoms with E-state index in [2.05, 4.69) is 4.74 Å². The number of nitrogens with two attached hydrogens (primary N) is 1. The maximum absolute atomic E-state index is 12.0. The number of hydrogen-bond donors (Lipinski definition) is 1. The molecule has 0 atom stereocenters. The van der Waals surface area contributed by atoms with E-state index in [1.807, 2.05) is 0 Å². The second-order valence-corrected chi connectivity index (χ2v) is 3.34. The summed E-state index contributed by atoms with van der Waals surface area (Å²) in [5, 5.41) is 0.139. The first-order valence-electron chi connectivity index (χ1n) is 3.73. The highest BCUT2D eigenvalue weighted by molar-refractivity contribution is 6.33. The summed E-state index contributed by atoms with van der Waals surface area (Å²) in [6, 6.07) is 2.23. The molecule has 7 heteroatoms. The van der Waals surface area contributed by atoms with Crippen molar-refractivity contribution in [3.05, 3.63) is 22.7 Å². The third-order valence-corrected chi connectivity index (χ3v) is 2.16. The maximum atomic E-state index is 12.0. The lowest BCUT2D eigenvalue weighted by Gasteiger charge is -2.13. The van der Waals surface area contributed by atoms with Gasteiger partial charge in [-0.3, -0.25) is 0 Å². The molecule has 0 radical (unpaired) electrons. The van der Waals surface area contributed by atoms with Crippen LogP contribution in [0.1, 0.15) is 5.56 Å². The molecule has 0 aromatic heterocycles. The van der Waals surface area contributed by atoms with Gasteiger partial charge in [0.1, 0.15) is 5.75 Å². The Balaban J connectivity index is 3.11. The van der Waals surface area contributed by atoms with E-state index < -0.39 is 12.1 Å². The molecule has 0 unspecified atom stereocenters. The summed E-state index contributed by atoms with van der Waals surface area (Å²) in [6.45, 7) is 0. The monoisotopic (exact) mass is 259 g/mol. The van der Waals surface area contributed by atoms with Gasteiger partial charge in [-0.25, -0.2) is 0 Å². The smallest absolute Gasteiger partial charge is 0.405 e. The molecule has 0 saturated heterocycles. The van der Waals surface area contributed by atoms with Gasteiger partial charge in [0.05, 0.1) is 16.6 Å². The van der Waals surface area contributed by atoms with E-state index in [0.717, 1.165) is 6.07 Å². The van der Waals surface area contributed by atoms with Gasteiger partial charge in [0.25, 0.3) is 0 Å². The van der Waals surface area contributed by atoms with Crippen molar-refractivity contribution in [1.82, 2.24) is 0 Å². The lowest BCUT2D eigenvalue weighted by molar-refractivity contribution is -0.274. The largest absolute Gasteiger partial charge is 0.573 e. The lowest BCUT2D eigenvalue weighted by Crippen LogP contribution is -2.18. The number of halogens is 5. The van der Waals surface area contributed by atoms with Crippen LogP contribution in [0.5, 0.6) is 5.75 Å². The van der Waals surface area contributed by atoms with Crippen LogP contribution in [0.2, 0.25) is 5.02 Å². The minimum Gasteiger partial charge on any atom is -0.405 e. The molecule has 84 valence electrons. The Morgan fingerprint density at radius 3 is 2.40 bits per heavy atom. The number of anilines is 1. The third-order valence-electron chi connectivity index (χ3n) is 1.55. The van der Waals surface area contributed by atoms with Gasteiger partial charge in [-0.05, 0) is 6.07 Å². The van der Waals surface area contributed by atoms with Crippen molar-refractivity contribution < 1.29 is 17.9 Å². The van der Waals surface area contributed by atoms with Crippen molar-refractivity contribution in [2.45, 2.75) is 12.2 Å². The van der Waals surface area contributed by atoms with E-state index in [4.69, 9.17) is 28.9 Å². The van der Waals surface area contributed by atoms with Gasteiger partial charge in [-0.1, -0.05) is 11.6 Å². The van der Waals surface area contributed by atoms with E-state index in [1.54, 1.807) is 0 Å². The lowest BCUT2D eigenvalue weighted by atomic mass is 10.2. The summed E-state index contributed by atoms with van der Waals surface area (Å²) < 4.78 is 39.6. The summed E-state index contributed by atoms with van der Waals surface area (Å²) >= 11 is 11.1. The van der Waals surface area contributed by atoms with E-state index in [1.165, 1.54) is 6.07 Å². The van der Waals surface area contributed by atoms with Crippen molar-refractivity contribution in [2.75, 3.05) is 5.73 Å². The van der Waals surface area contributed by atoms with Crippen LogP contribution in [0.3, 0.4) is 0 Å². The molecule has 1 aromatic carbocycles. The topological polar surface area (TPSA) is 35.2 Å². The van der Waals surface area contributed by atoms with E-state index >= 15 is 0 Å². The molecular weight excluding hydrogens is 254 g/mol. The molecule has 2 nitrogen and oxygen atoms in total. The van der Waals surface area contributed by atoms with Crippen LogP contribution < -0.4 is 10.5 Å². The predicted octanol–water partition coefficient (Wildman–Crippen LogP) is 3.56. The van der Waals surface area contributed by atoms with Gasteiger partial charge < -0.3 is 10.5 Å². The minimum absolute atomic E-state index is 0.00443. The number of alkyl halides is 4. The van der Waals surface area contributed by atoms with Gasteiger partial charge in [0, 0.05) is 11.6 Å². The molecular formula is C8H6Cl2F3NO. The fraction of sp³-hybridized carbons (Fsp3) is 0.250. The number of nitrogen functional groups attached to an aromatic ring is 1. The number of hydrogen-bond acceptors (Lipinski definition) is 2. The van der Waals surface area contributed by atoms with Gasteiger partial charge in [-0.2, -0.15) is 0 Å². The summed E-state index contributed by atoms with van der Waals surface area (Å²) in [7, 11) is 0. The molecule has 15 heavy (non-hydrogen) atoms. The quantitative estimate of drug-likeness (QED) is 0.651. The summed E-state index contributed by atoms with van der Waals surface area (Å²) in [5.74, 6) is -0.579. The highest BCUT2D eigenvalue weighted by Crippen LogP contribution is 2.33. The summed E-state index contributed by atoms with van der Waals surface area (Å²) in [6.07, 6.45) is -4.78. The van der Waals surface area contributed by atoms with Crippen LogP contribution in [0.25, 0.3) is 0 Å². The summed E-state index contributed by atoms with van der Waals surface area (Å²) in [5.41, 5.74) is 5.48. The highest BCUT2D eigenvalue weighted by atomic mass is 35.5. The first-order valence-corrected chi connectivity index (χ1v) is 4.64. The Kier molecular flexibility index (Phi) is 3.57. The first-order chi connectivity index (χ1) is 6.83. The van der Waals surface area contributed by atoms with E-state index in [9.17, 15) is 13.2 Å². The van der Waals surface area contributed by atoms with Gasteiger partial charge >= 0.3 is 6.36 Å². The predicted molar refractivity (Wildman–Crippen MR) is 52.1 cm³/mol. The van der Waals surface area contributed by atoms with Crippen LogP contribution in [0.15, 0.2) is 12.1 Å². The average Bonchev–Trinajstić information content (AvgIpc) is 2.08. The molecule has 0 heterocycles. The molecule has 2 N–H and O–H groups in total. The van der Waals surface area contributed by atoms with Crippen LogP contribution in [-0.4, -0.2) is 6.36 Å². The fourth-order valence-electron chi connectivity index (χ4n) is 0.934.